The average molecular weight is 341 g/mol. The number of benzene rings is 1. The molecule has 2 rings (SSSR count). The Balaban J connectivity index is 3.02. The summed E-state index contributed by atoms with van der Waals surface area (Å²) in [7, 11) is 0. The maximum Gasteiger partial charge on any atom is 0.431 e. The number of fused-ring (bicyclic) bond motifs is 1. The highest BCUT2D eigenvalue weighted by Crippen LogP contribution is 2.33. The summed E-state index contributed by atoms with van der Waals surface area (Å²) in [6, 6.07) is 2.94. The fourth-order valence-corrected chi connectivity index (χ4v) is 2.41. The van der Waals surface area contributed by atoms with Crippen molar-refractivity contribution in [2.24, 2.45) is 0 Å². The van der Waals surface area contributed by atoms with E-state index in [1.54, 1.807) is 0 Å². The number of alkyl halides is 3. The zero-order valence-corrected chi connectivity index (χ0v) is 11.3. The van der Waals surface area contributed by atoms with Gasteiger partial charge in [-0.05, 0) is 35.0 Å². The largest absolute Gasteiger partial charge is 0.431 e. The van der Waals surface area contributed by atoms with Gasteiger partial charge in [0.15, 0.2) is 5.43 Å². The zero-order valence-electron chi connectivity index (χ0n) is 8.95. The molecule has 0 aliphatic carbocycles. The number of aromatic amines is 1. The van der Waals surface area contributed by atoms with Crippen LogP contribution in [-0.2, 0) is 6.18 Å². The topological polar surface area (TPSA) is 32.9 Å². The lowest BCUT2D eigenvalue weighted by atomic mass is 10.1. The van der Waals surface area contributed by atoms with Crippen LogP contribution >= 0.6 is 27.5 Å². The third kappa shape index (κ3) is 2.03. The molecule has 0 aliphatic rings. The summed E-state index contributed by atoms with van der Waals surface area (Å²) in [5.41, 5.74) is -2.16. The molecule has 96 valence electrons. The van der Waals surface area contributed by atoms with E-state index in [1.165, 1.54) is 12.1 Å². The molecule has 7 heteroatoms. The molecule has 1 aromatic heterocycles. The Bertz CT molecular complexity index is 693. The third-order valence-electron chi connectivity index (χ3n) is 2.58. The zero-order chi connectivity index (χ0) is 13.7. The van der Waals surface area contributed by atoms with Crippen molar-refractivity contribution in [3.63, 3.8) is 0 Å². The molecule has 0 saturated heterocycles. The van der Waals surface area contributed by atoms with Crippen LogP contribution in [0.25, 0.3) is 10.9 Å². The van der Waals surface area contributed by atoms with Gasteiger partial charge >= 0.3 is 6.18 Å². The molecule has 1 N–H and O–H groups in total. The van der Waals surface area contributed by atoms with E-state index in [4.69, 9.17) is 11.6 Å². The minimum atomic E-state index is -4.62. The monoisotopic (exact) mass is 339 g/mol. The Hall–Kier alpha value is -1.01. The van der Waals surface area contributed by atoms with E-state index in [2.05, 4.69) is 20.9 Å². The lowest BCUT2D eigenvalue weighted by Gasteiger charge is -2.12. The molecule has 0 atom stereocenters. The lowest BCUT2D eigenvalue weighted by Crippen LogP contribution is -2.19. The summed E-state index contributed by atoms with van der Waals surface area (Å²) >= 11 is 8.95. The molecule has 0 bridgehead atoms. The summed E-state index contributed by atoms with van der Waals surface area (Å²) in [5.74, 6) is 0. The van der Waals surface area contributed by atoms with Gasteiger partial charge in [0.1, 0.15) is 5.69 Å². The molecule has 0 spiro atoms. The van der Waals surface area contributed by atoms with Crippen molar-refractivity contribution in [1.82, 2.24) is 4.98 Å². The van der Waals surface area contributed by atoms with Crippen molar-refractivity contribution in [2.45, 2.75) is 13.1 Å². The SMILES string of the molecule is Cc1c(C(F)(F)F)[nH]c2c(Cl)ccc(Br)c2c1=O. The second-order valence-electron chi connectivity index (χ2n) is 3.73. The highest BCUT2D eigenvalue weighted by Gasteiger charge is 2.35. The molecule has 0 fully saturated rings. The molecule has 0 aliphatic heterocycles. The molecular weight excluding hydrogens is 334 g/mol. The van der Waals surface area contributed by atoms with Crippen molar-refractivity contribution in [2.75, 3.05) is 0 Å². The van der Waals surface area contributed by atoms with E-state index in [9.17, 15) is 18.0 Å². The molecule has 0 unspecified atom stereocenters. The Labute approximate surface area is 113 Å². The van der Waals surface area contributed by atoms with E-state index >= 15 is 0 Å². The van der Waals surface area contributed by atoms with E-state index in [-0.39, 0.29) is 21.5 Å². The van der Waals surface area contributed by atoms with Crippen molar-refractivity contribution in [3.05, 3.63) is 43.1 Å². The van der Waals surface area contributed by atoms with Crippen molar-refractivity contribution in [3.8, 4) is 0 Å². The second kappa shape index (κ2) is 4.28. The highest BCUT2D eigenvalue weighted by atomic mass is 79.9. The van der Waals surface area contributed by atoms with Crippen molar-refractivity contribution >= 4 is 38.4 Å². The van der Waals surface area contributed by atoms with Crippen LogP contribution < -0.4 is 5.43 Å². The Morgan fingerprint density at radius 1 is 1.33 bits per heavy atom. The minimum Gasteiger partial charge on any atom is -0.349 e. The van der Waals surface area contributed by atoms with Crippen LogP contribution in [0.15, 0.2) is 21.4 Å². The molecule has 1 heterocycles. The standard InChI is InChI=1S/C11H6BrClF3NO/c1-4-9(18)7-5(12)2-3-6(13)8(7)17-10(4)11(14,15)16/h2-3H,1H3,(H,17,18). The molecule has 18 heavy (non-hydrogen) atoms. The second-order valence-corrected chi connectivity index (χ2v) is 4.99. The molecule has 1 aromatic carbocycles. The number of hydrogen-bond donors (Lipinski definition) is 1. The number of hydrogen-bond acceptors (Lipinski definition) is 1. The van der Waals surface area contributed by atoms with Crippen LogP contribution in [0.3, 0.4) is 0 Å². The van der Waals surface area contributed by atoms with Gasteiger partial charge in [0.25, 0.3) is 0 Å². The van der Waals surface area contributed by atoms with E-state index in [0.29, 0.717) is 4.47 Å². The number of pyridine rings is 1. The molecule has 0 saturated carbocycles. The molecule has 0 radical (unpaired) electrons. The van der Waals surface area contributed by atoms with Gasteiger partial charge in [-0.15, -0.1) is 0 Å². The van der Waals surface area contributed by atoms with Crippen molar-refractivity contribution in [1.29, 1.82) is 0 Å². The lowest BCUT2D eigenvalue weighted by molar-refractivity contribution is -0.141. The number of H-pyrrole nitrogens is 1. The van der Waals surface area contributed by atoms with E-state index < -0.39 is 17.3 Å². The normalized spacial score (nSPS) is 12.1. The number of aromatic nitrogens is 1. The van der Waals surface area contributed by atoms with Crippen LogP contribution in [0, 0.1) is 6.92 Å². The molecule has 0 amide bonds. The molecular formula is C11H6BrClF3NO. The Morgan fingerprint density at radius 2 is 1.94 bits per heavy atom. The molecule has 2 nitrogen and oxygen atoms in total. The minimum absolute atomic E-state index is 0.0195. The number of rotatable bonds is 0. The van der Waals surface area contributed by atoms with Crippen LogP contribution in [0.4, 0.5) is 13.2 Å². The number of halogens is 5. The van der Waals surface area contributed by atoms with Crippen LogP contribution in [-0.4, -0.2) is 4.98 Å². The first-order valence-electron chi connectivity index (χ1n) is 4.81. The number of nitrogens with one attached hydrogen (secondary N) is 1. The van der Waals surface area contributed by atoms with Crippen LogP contribution in [0.1, 0.15) is 11.3 Å². The fourth-order valence-electron chi connectivity index (χ4n) is 1.70. The summed E-state index contributed by atoms with van der Waals surface area (Å²) < 4.78 is 38.7. The Kier molecular flexibility index (Phi) is 3.19. The first-order chi connectivity index (χ1) is 8.23. The summed E-state index contributed by atoms with van der Waals surface area (Å²) in [5, 5.41) is 0.184. The van der Waals surface area contributed by atoms with Crippen LogP contribution in [0.5, 0.6) is 0 Å². The van der Waals surface area contributed by atoms with E-state index in [1.807, 2.05) is 0 Å². The average Bonchev–Trinajstić information content (AvgIpc) is 2.26. The van der Waals surface area contributed by atoms with E-state index in [0.717, 1.165) is 6.92 Å². The van der Waals surface area contributed by atoms with Crippen LogP contribution in [0.2, 0.25) is 5.02 Å². The van der Waals surface area contributed by atoms with Gasteiger partial charge < -0.3 is 4.98 Å². The maximum absolute atomic E-state index is 12.8. The molecule has 2 aromatic rings. The highest BCUT2D eigenvalue weighted by molar-refractivity contribution is 9.10. The van der Waals surface area contributed by atoms with Crippen molar-refractivity contribution < 1.29 is 13.2 Å². The first-order valence-corrected chi connectivity index (χ1v) is 5.98. The van der Waals surface area contributed by atoms with Gasteiger partial charge in [0, 0.05) is 10.0 Å². The summed E-state index contributed by atoms with van der Waals surface area (Å²) in [4.78, 5) is 14.2. The third-order valence-corrected chi connectivity index (χ3v) is 3.56. The smallest absolute Gasteiger partial charge is 0.349 e. The predicted molar refractivity (Wildman–Crippen MR) is 67.0 cm³/mol. The quantitative estimate of drug-likeness (QED) is 0.763. The summed E-state index contributed by atoms with van der Waals surface area (Å²) in [6.45, 7) is 1.13. The predicted octanol–water partition coefficient (Wildman–Crippen LogP) is 4.27. The first kappa shape index (κ1) is 13.4. The summed E-state index contributed by atoms with van der Waals surface area (Å²) in [6.07, 6.45) is -4.62. The van der Waals surface area contributed by atoms with Gasteiger partial charge in [-0.1, -0.05) is 11.6 Å². The fraction of sp³-hybridized carbons (Fsp3) is 0.182. The van der Waals surface area contributed by atoms with Gasteiger partial charge in [0.2, 0.25) is 0 Å². The van der Waals surface area contributed by atoms with Gasteiger partial charge in [0.05, 0.1) is 15.9 Å². The van der Waals surface area contributed by atoms with Gasteiger partial charge in [-0.3, -0.25) is 4.79 Å². The Morgan fingerprint density at radius 3 is 2.50 bits per heavy atom. The van der Waals surface area contributed by atoms with Gasteiger partial charge in [-0.2, -0.15) is 13.2 Å². The van der Waals surface area contributed by atoms with Gasteiger partial charge in [-0.25, -0.2) is 0 Å². The maximum atomic E-state index is 12.8.